The minimum Gasteiger partial charge on any atom is -0.322 e. The SMILES string of the molecule is Cc1cc(NC(=O)c2ccc(C3=CCNCC3)c(Cl)c2)ccc1C1=CCNCC1. The van der Waals surface area contributed by atoms with E-state index in [1.54, 1.807) is 6.07 Å². The Labute approximate surface area is 177 Å². The summed E-state index contributed by atoms with van der Waals surface area (Å²) in [5.74, 6) is -0.147. The molecule has 2 aromatic rings. The van der Waals surface area contributed by atoms with Crippen LogP contribution in [0.15, 0.2) is 48.6 Å². The van der Waals surface area contributed by atoms with Crippen LogP contribution in [0.1, 0.15) is 39.9 Å². The lowest BCUT2D eigenvalue weighted by Crippen LogP contribution is -2.20. The lowest BCUT2D eigenvalue weighted by Gasteiger charge is -2.17. The Hall–Kier alpha value is -2.40. The van der Waals surface area contributed by atoms with E-state index in [-0.39, 0.29) is 5.91 Å². The fourth-order valence-electron chi connectivity index (χ4n) is 3.96. The largest absolute Gasteiger partial charge is 0.322 e. The number of halogens is 1. The van der Waals surface area contributed by atoms with Gasteiger partial charge in [-0.2, -0.15) is 0 Å². The van der Waals surface area contributed by atoms with Crippen LogP contribution in [0.5, 0.6) is 0 Å². The molecule has 0 saturated heterocycles. The molecule has 4 nitrogen and oxygen atoms in total. The first-order chi connectivity index (χ1) is 14.1. The summed E-state index contributed by atoms with van der Waals surface area (Å²) in [5, 5.41) is 10.3. The van der Waals surface area contributed by atoms with Crippen LogP contribution in [0.25, 0.3) is 11.1 Å². The Balaban J connectivity index is 1.49. The van der Waals surface area contributed by atoms with E-state index < -0.39 is 0 Å². The summed E-state index contributed by atoms with van der Waals surface area (Å²) in [7, 11) is 0. The van der Waals surface area contributed by atoms with Crippen molar-refractivity contribution >= 4 is 34.3 Å². The van der Waals surface area contributed by atoms with Gasteiger partial charge < -0.3 is 16.0 Å². The number of anilines is 1. The number of hydrogen-bond donors (Lipinski definition) is 3. The smallest absolute Gasteiger partial charge is 0.255 e. The number of nitrogens with one attached hydrogen (secondary N) is 3. The van der Waals surface area contributed by atoms with Crippen molar-refractivity contribution in [3.8, 4) is 0 Å². The van der Waals surface area contributed by atoms with Crippen LogP contribution < -0.4 is 16.0 Å². The number of carbonyl (C=O) groups excluding carboxylic acids is 1. The summed E-state index contributed by atoms with van der Waals surface area (Å²) in [6.45, 7) is 5.82. The topological polar surface area (TPSA) is 53.2 Å². The standard InChI is InChI=1S/C24H26ClN3O/c1-16-14-20(3-5-21(16)17-6-10-26-11-7-17)28-24(29)19-2-4-22(23(25)15-19)18-8-12-27-13-9-18/h2-6,8,14-15,26-27H,7,9-13H2,1H3,(H,28,29). The van der Waals surface area contributed by atoms with Gasteiger partial charge in [-0.25, -0.2) is 0 Å². The van der Waals surface area contributed by atoms with Crippen molar-refractivity contribution < 1.29 is 4.79 Å². The Morgan fingerprint density at radius 3 is 2.17 bits per heavy atom. The molecule has 5 heteroatoms. The third kappa shape index (κ3) is 4.61. The average Bonchev–Trinajstić information content (AvgIpc) is 2.75. The zero-order valence-corrected chi connectivity index (χ0v) is 17.4. The number of carbonyl (C=O) groups is 1. The molecule has 150 valence electrons. The molecule has 1 amide bonds. The molecule has 0 aliphatic carbocycles. The molecule has 0 aromatic heterocycles. The summed E-state index contributed by atoms with van der Waals surface area (Å²) in [6, 6.07) is 11.7. The minimum atomic E-state index is -0.147. The lowest BCUT2D eigenvalue weighted by molar-refractivity contribution is 0.102. The second-order valence-corrected chi connectivity index (χ2v) is 7.95. The fourth-order valence-corrected chi connectivity index (χ4v) is 4.26. The lowest BCUT2D eigenvalue weighted by atomic mass is 9.95. The van der Waals surface area contributed by atoms with E-state index in [4.69, 9.17) is 11.6 Å². The molecule has 29 heavy (non-hydrogen) atoms. The van der Waals surface area contributed by atoms with Gasteiger partial charge in [0.15, 0.2) is 0 Å². The summed E-state index contributed by atoms with van der Waals surface area (Å²) in [5.41, 5.74) is 7.41. The van der Waals surface area contributed by atoms with Gasteiger partial charge >= 0.3 is 0 Å². The first-order valence-electron chi connectivity index (χ1n) is 10.1. The molecule has 0 spiro atoms. The van der Waals surface area contributed by atoms with Crippen molar-refractivity contribution in [2.75, 3.05) is 31.5 Å². The third-order valence-electron chi connectivity index (χ3n) is 5.54. The van der Waals surface area contributed by atoms with E-state index in [1.165, 1.54) is 22.3 Å². The maximum Gasteiger partial charge on any atom is 0.255 e. The maximum atomic E-state index is 12.7. The minimum absolute atomic E-state index is 0.147. The van der Waals surface area contributed by atoms with Crippen molar-refractivity contribution in [3.05, 3.63) is 75.8 Å². The average molecular weight is 408 g/mol. The zero-order valence-electron chi connectivity index (χ0n) is 16.6. The highest BCUT2D eigenvalue weighted by Gasteiger charge is 2.14. The Bertz CT molecular complexity index is 994. The van der Waals surface area contributed by atoms with Gasteiger partial charge in [0.25, 0.3) is 5.91 Å². The molecule has 3 N–H and O–H groups in total. The molecular weight excluding hydrogens is 382 g/mol. The monoisotopic (exact) mass is 407 g/mol. The molecule has 4 rings (SSSR count). The van der Waals surface area contributed by atoms with Gasteiger partial charge in [-0.1, -0.05) is 35.9 Å². The highest BCUT2D eigenvalue weighted by molar-refractivity contribution is 6.32. The van der Waals surface area contributed by atoms with Gasteiger partial charge in [0.05, 0.1) is 0 Å². The van der Waals surface area contributed by atoms with Crippen molar-refractivity contribution in [1.82, 2.24) is 10.6 Å². The van der Waals surface area contributed by atoms with Gasteiger partial charge in [0.1, 0.15) is 0 Å². The van der Waals surface area contributed by atoms with Crippen molar-refractivity contribution in [2.45, 2.75) is 19.8 Å². The second-order valence-electron chi connectivity index (χ2n) is 7.55. The maximum absolute atomic E-state index is 12.7. The molecule has 0 unspecified atom stereocenters. The van der Waals surface area contributed by atoms with E-state index in [2.05, 4.69) is 41.1 Å². The molecule has 2 aliphatic rings. The van der Waals surface area contributed by atoms with Crippen LogP contribution in [0.4, 0.5) is 5.69 Å². The van der Waals surface area contributed by atoms with Crippen LogP contribution in [0.2, 0.25) is 5.02 Å². The molecule has 2 aliphatic heterocycles. The highest BCUT2D eigenvalue weighted by atomic mass is 35.5. The number of aryl methyl sites for hydroxylation is 1. The first kappa shape index (κ1) is 19.9. The van der Waals surface area contributed by atoms with E-state index in [1.807, 2.05) is 24.3 Å². The second kappa shape index (κ2) is 8.95. The Morgan fingerprint density at radius 1 is 0.931 bits per heavy atom. The molecule has 0 saturated carbocycles. The van der Waals surface area contributed by atoms with Crippen LogP contribution in [0.3, 0.4) is 0 Å². The van der Waals surface area contributed by atoms with Gasteiger partial charge in [-0.05, 0) is 85.0 Å². The Morgan fingerprint density at radius 2 is 1.59 bits per heavy atom. The van der Waals surface area contributed by atoms with E-state index in [0.29, 0.717) is 10.6 Å². The van der Waals surface area contributed by atoms with Crippen molar-refractivity contribution in [3.63, 3.8) is 0 Å². The van der Waals surface area contributed by atoms with Gasteiger partial charge in [0, 0.05) is 29.4 Å². The molecule has 0 atom stereocenters. The summed E-state index contributed by atoms with van der Waals surface area (Å²) >= 11 is 6.49. The quantitative estimate of drug-likeness (QED) is 0.691. The van der Waals surface area contributed by atoms with E-state index in [9.17, 15) is 4.79 Å². The fraction of sp³-hybridized carbons (Fsp3) is 0.292. The molecule has 0 bridgehead atoms. The molecule has 0 fully saturated rings. The first-order valence-corrected chi connectivity index (χ1v) is 10.5. The van der Waals surface area contributed by atoms with Crippen molar-refractivity contribution in [2.24, 2.45) is 0 Å². The summed E-state index contributed by atoms with van der Waals surface area (Å²) in [6.07, 6.45) is 6.38. The van der Waals surface area contributed by atoms with Crippen LogP contribution in [-0.4, -0.2) is 32.1 Å². The number of amides is 1. The van der Waals surface area contributed by atoms with Gasteiger partial charge in [-0.3, -0.25) is 4.79 Å². The number of benzene rings is 2. The van der Waals surface area contributed by atoms with Crippen LogP contribution >= 0.6 is 11.6 Å². The van der Waals surface area contributed by atoms with Crippen LogP contribution in [0, 0.1) is 6.92 Å². The predicted molar refractivity (Wildman–Crippen MR) is 122 cm³/mol. The molecular formula is C24H26ClN3O. The van der Waals surface area contributed by atoms with Crippen LogP contribution in [-0.2, 0) is 0 Å². The summed E-state index contributed by atoms with van der Waals surface area (Å²) < 4.78 is 0. The zero-order chi connectivity index (χ0) is 20.2. The van der Waals surface area contributed by atoms with Gasteiger partial charge in [-0.15, -0.1) is 0 Å². The molecule has 2 heterocycles. The number of hydrogen-bond acceptors (Lipinski definition) is 3. The third-order valence-corrected chi connectivity index (χ3v) is 5.85. The summed E-state index contributed by atoms with van der Waals surface area (Å²) in [4.78, 5) is 12.7. The molecule has 2 aromatic carbocycles. The van der Waals surface area contributed by atoms with Gasteiger partial charge in [0.2, 0.25) is 0 Å². The van der Waals surface area contributed by atoms with E-state index >= 15 is 0 Å². The Kier molecular flexibility index (Phi) is 6.14. The van der Waals surface area contributed by atoms with Crippen molar-refractivity contribution in [1.29, 1.82) is 0 Å². The van der Waals surface area contributed by atoms with E-state index in [0.717, 1.165) is 50.3 Å². The normalized spacial score (nSPS) is 16.8. The number of rotatable bonds is 4. The highest BCUT2D eigenvalue weighted by Crippen LogP contribution is 2.29. The molecule has 0 radical (unpaired) electrons. The predicted octanol–water partition coefficient (Wildman–Crippen LogP) is 4.65.